The highest BCUT2D eigenvalue weighted by molar-refractivity contribution is 5.94. The van der Waals surface area contributed by atoms with Gasteiger partial charge in [0, 0.05) is 29.1 Å². The molecule has 3 heterocycles. The first-order valence-electron chi connectivity index (χ1n) is 7.21. The third kappa shape index (κ3) is 2.02. The molecule has 3 N–H and O–H groups in total. The maximum atomic E-state index is 4.55. The Balaban J connectivity index is 1.64. The molecule has 0 saturated carbocycles. The molecule has 0 bridgehead atoms. The predicted molar refractivity (Wildman–Crippen MR) is 80.6 cm³/mol. The summed E-state index contributed by atoms with van der Waals surface area (Å²) in [5, 5.41) is 4.65. The fourth-order valence-corrected chi connectivity index (χ4v) is 3.06. The number of aromatic nitrogens is 3. The molecule has 20 heavy (non-hydrogen) atoms. The van der Waals surface area contributed by atoms with Gasteiger partial charge in [0.1, 0.15) is 5.82 Å². The highest BCUT2D eigenvalue weighted by atomic mass is 14.9. The van der Waals surface area contributed by atoms with E-state index >= 15 is 0 Å². The zero-order valence-electron chi connectivity index (χ0n) is 11.3. The number of fused-ring (bicyclic) bond motifs is 1. The summed E-state index contributed by atoms with van der Waals surface area (Å²) >= 11 is 0. The molecule has 3 aromatic rings. The van der Waals surface area contributed by atoms with Gasteiger partial charge in [-0.1, -0.05) is 18.2 Å². The quantitative estimate of drug-likeness (QED) is 0.682. The van der Waals surface area contributed by atoms with Crippen LogP contribution in [0.5, 0.6) is 0 Å². The summed E-state index contributed by atoms with van der Waals surface area (Å²) in [6.07, 6.45) is 6.30. The largest absolute Gasteiger partial charge is 0.360 e. The van der Waals surface area contributed by atoms with E-state index in [-0.39, 0.29) is 0 Å². The second-order valence-corrected chi connectivity index (χ2v) is 5.55. The van der Waals surface area contributed by atoms with Crippen molar-refractivity contribution in [1.82, 2.24) is 20.3 Å². The Kier molecular flexibility index (Phi) is 2.81. The van der Waals surface area contributed by atoms with E-state index in [0.717, 1.165) is 36.9 Å². The molecule has 1 atom stereocenters. The van der Waals surface area contributed by atoms with Crippen molar-refractivity contribution in [1.29, 1.82) is 0 Å². The van der Waals surface area contributed by atoms with E-state index in [1.807, 2.05) is 12.3 Å². The maximum Gasteiger partial charge on any atom is 0.106 e. The van der Waals surface area contributed by atoms with Crippen LogP contribution >= 0.6 is 0 Å². The summed E-state index contributed by atoms with van der Waals surface area (Å²) in [5.74, 6) is 1.82. The minimum absolute atomic E-state index is 0.719. The SMILES string of the molecule is c1ccc2c(-c3cnc(CC4CCNC4)[nH]3)c[nH]c2c1. The third-order valence-electron chi connectivity index (χ3n) is 4.15. The van der Waals surface area contributed by atoms with Crippen molar-refractivity contribution in [3.63, 3.8) is 0 Å². The molecule has 4 heteroatoms. The van der Waals surface area contributed by atoms with Gasteiger partial charge in [-0.2, -0.15) is 0 Å². The van der Waals surface area contributed by atoms with E-state index in [4.69, 9.17) is 0 Å². The molecule has 1 unspecified atom stereocenters. The van der Waals surface area contributed by atoms with Crippen LogP contribution in [0, 0.1) is 5.92 Å². The van der Waals surface area contributed by atoms with Crippen LogP contribution < -0.4 is 5.32 Å². The Labute approximate surface area is 117 Å². The number of rotatable bonds is 3. The molecule has 1 aliphatic heterocycles. The van der Waals surface area contributed by atoms with Gasteiger partial charge in [0.25, 0.3) is 0 Å². The van der Waals surface area contributed by atoms with Crippen LogP contribution in [0.25, 0.3) is 22.2 Å². The van der Waals surface area contributed by atoms with Gasteiger partial charge in [-0.3, -0.25) is 0 Å². The van der Waals surface area contributed by atoms with Crippen molar-refractivity contribution >= 4 is 10.9 Å². The Hall–Kier alpha value is -2.07. The van der Waals surface area contributed by atoms with Crippen molar-refractivity contribution in [3.8, 4) is 11.3 Å². The Morgan fingerprint density at radius 1 is 1.25 bits per heavy atom. The van der Waals surface area contributed by atoms with Gasteiger partial charge >= 0.3 is 0 Å². The summed E-state index contributed by atoms with van der Waals surface area (Å²) in [6.45, 7) is 2.25. The van der Waals surface area contributed by atoms with Gasteiger partial charge in [0.05, 0.1) is 11.9 Å². The van der Waals surface area contributed by atoms with E-state index < -0.39 is 0 Å². The topological polar surface area (TPSA) is 56.5 Å². The van der Waals surface area contributed by atoms with Gasteiger partial charge in [0.2, 0.25) is 0 Å². The van der Waals surface area contributed by atoms with Crippen molar-refractivity contribution in [2.45, 2.75) is 12.8 Å². The van der Waals surface area contributed by atoms with Crippen molar-refractivity contribution in [2.24, 2.45) is 5.92 Å². The Morgan fingerprint density at radius 2 is 2.20 bits per heavy atom. The summed E-state index contributed by atoms with van der Waals surface area (Å²) in [7, 11) is 0. The fourth-order valence-electron chi connectivity index (χ4n) is 3.06. The standard InChI is InChI=1S/C16H18N4/c1-2-4-14-12(3-1)13(9-18-14)15-10-19-16(20-15)7-11-5-6-17-8-11/h1-4,9-11,17-18H,5-8H2,(H,19,20). The summed E-state index contributed by atoms with van der Waals surface area (Å²) in [4.78, 5) is 11.3. The lowest BCUT2D eigenvalue weighted by Crippen LogP contribution is -2.11. The molecule has 4 nitrogen and oxygen atoms in total. The van der Waals surface area contributed by atoms with Crippen LogP contribution in [-0.2, 0) is 6.42 Å². The number of hydrogen-bond donors (Lipinski definition) is 3. The zero-order chi connectivity index (χ0) is 13.4. The van der Waals surface area contributed by atoms with Gasteiger partial charge in [-0.05, 0) is 31.5 Å². The molecular weight excluding hydrogens is 248 g/mol. The van der Waals surface area contributed by atoms with Crippen LogP contribution in [0.3, 0.4) is 0 Å². The predicted octanol–water partition coefficient (Wildman–Crippen LogP) is 2.71. The monoisotopic (exact) mass is 266 g/mol. The molecule has 0 aliphatic carbocycles. The number of nitrogens with zero attached hydrogens (tertiary/aromatic N) is 1. The van der Waals surface area contributed by atoms with E-state index in [1.165, 1.54) is 22.9 Å². The van der Waals surface area contributed by atoms with Crippen molar-refractivity contribution < 1.29 is 0 Å². The first-order chi connectivity index (χ1) is 9.90. The zero-order valence-corrected chi connectivity index (χ0v) is 11.3. The van der Waals surface area contributed by atoms with E-state index in [2.05, 4.69) is 44.7 Å². The lowest BCUT2D eigenvalue weighted by atomic mass is 10.1. The second kappa shape index (κ2) is 4.80. The molecular formula is C16H18N4. The lowest BCUT2D eigenvalue weighted by Gasteiger charge is -2.04. The van der Waals surface area contributed by atoms with Crippen LogP contribution in [0.2, 0.25) is 0 Å². The highest BCUT2D eigenvalue weighted by Gasteiger charge is 2.17. The lowest BCUT2D eigenvalue weighted by molar-refractivity contribution is 0.565. The Morgan fingerprint density at radius 3 is 3.10 bits per heavy atom. The number of aromatic amines is 2. The number of benzene rings is 1. The minimum Gasteiger partial charge on any atom is -0.360 e. The molecule has 0 radical (unpaired) electrons. The fraction of sp³-hybridized carbons (Fsp3) is 0.312. The van der Waals surface area contributed by atoms with E-state index in [0.29, 0.717) is 0 Å². The molecule has 1 aromatic carbocycles. The van der Waals surface area contributed by atoms with E-state index in [1.54, 1.807) is 0 Å². The maximum absolute atomic E-state index is 4.55. The highest BCUT2D eigenvalue weighted by Crippen LogP contribution is 2.27. The number of nitrogens with one attached hydrogen (secondary N) is 3. The first-order valence-corrected chi connectivity index (χ1v) is 7.21. The van der Waals surface area contributed by atoms with Gasteiger partial charge < -0.3 is 15.3 Å². The molecule has 102 valence electrons. The smallest absolute Gasteiger partial charge is 0.106 e. The van der Waals surface area contributed by atoms with Crippen molar-refractivity contribution in [2.75, 3.05) is 13.1 Å². The number of H-pyrrole nitrogens is 2. The molecule has 0 spiro atoms. The summed E-state index contributed by atoms with van der Waals surface area (Å²) in [6, 6.07) is 8.36. The molecule has 0 amide bonds. The normalized spacial score (nSPS) is 18.9. The number of imidazole rings is 1. The molecule has 1 aliphatic rings. The van der Waals surface area contributed by atoms with Crippen LogP contribution in [0.4, 0.5) is 0 Å². The molecule has 1 fully saturated rings. The Bertz CT molecular complexity index is 719. The molecule has 4 rings (SSSR count). The first kappa shape index (κ1) is 11.7. The summed E-state index contributed by atoms with van der Waals surface area (Å²) in [5.41, 5.74) is 3.46. The van der Waals surface area contributed by atoms with Crippen LogP contribution in [0.15, 0.2) is 36.7 Å². The minimum atomic E-state index is 0.719. The van der Waals surface area contributed by atoms with Gasteiger partial charge in [0.15, 0.2) is 0 Å². The van der Waals surface area contributed by atoms with Crippen molar-refractivity contribution in [3.05, 3.63) is 42.5 Å². The van der Waals surface area contributed by atoms with Crippen LogP contribution in [-0.4, -0.2) is 28.0 Å². The van der Waals surface area contributed by atoms with Crippen LogP contribution in [0.1, 0.15) is 12.2 Å². The number of para-hydroxylation sites is 1. The van der Waals surface area contributed by atoms with E-state index in [9.17, 15) is 0 Å². The third-order valence-corrected chi connectivity index (χ3v) is 4.15. The molecule has 1 saturated heterocycles. The number of hydrogen-bond acceptors (Lipinski definition) is 2. The van der Waals surface area contributed by atoms with Gasteiger partial charge in [-0.15, -0.1) is 0 Å². The summed E-state index contributed by atoms with van der Waals surface area (Å²) < 4.78 is 0. The average Bonchev–Trinajstić information content (AvgIpc) is 3.18. The average molecular weight is 266 g/mol. The molecule has 2 aromatic heterocycles. The second-order valence-electron chi connectivity index (χ2n) is 5.55. The van der Waals surface area contributed by atoms with Gasteiger partial charge in [-0.25, -0.2) is 4.98 Å².